The summed E-state index contributed by atoms with van der Waals surface area (Å²) in [5.41, 5.74) is 5.98. The molecular formula is C9H15N3O. The SMILES string of the molecule is Cn1ccc(CC2(O)CC(N)C2)n1. The molecule has 1 fully saturated rings. The van der Waals surface area contributed by atoms with Crippen molar-refractivity contribution in [3.63, 3.8) is 0 Å². The Morgan fingerprint density at radius 2 is 2.46 bits per heavy atom. The highest BCUT2D eigenvalue weighted by Gasteiger charge is 2.40. The van der Waals surface area contributed by atoms with Gasteiger partial charge in [-0.1, -0.05) is 0 Å². The molecule has 1 heterocycles. The number of nitrogens with zero attached hydrogens (tertiary/aromatic N) is 2. The second-order valence-electron chi connectivity index (χ2n) is 4.05. The van der Waals surface area contributed by atoms with Crippen molar-refractivity contribution in [3.05, 3.63) is 18.0 Å². The van der Waals surface area contributed by atoms with Gasteiger partial charge in [-0.3, -0.25) is 4.68 Å². The minimum atomic E-state index is -0.590. The van der Waals surface area contributed by atoms with Gasteiger partial charge in [0, 0.05) is 25.7 Å². The van der Waals surface area contributed by atoms with Gasteiger partial charge in [-0.25, -0.2) is 0 Å². The Labute approximate surface area is 77.4 Å². The van der Waals surface area contributed by atoms with Crippen molar-refractivity contribution in [1.82, 2.24) is 9.78 Å². The predicted molar refractivity (Wildman–Crippen MR) is 49.1 cm³/mol. The van der Waals surface area contributed by atoms with Gasteiger partial charge in [0.15, 0.2) is 0 Å². The predicted octanol–water partition coefficient (Wildman–Crippen LogP) is -0.185. The van der Waals surface area contributed by atoms with E-state index in [0.717, 1.165) is 5.69 Å². The standard InChI is InChI=1S/C9H15N3O/c1-12-3-2-8(11-12)6-9(13)4-7(10)5-9/h2-3,7,13H,4-6,10H2,1H3. The summed E-state index contributed by atoms with van der Waals surface area (Å²) in [7, 11) is 1.88. The van der Waals surface area contributed by atoms with Crippen molar-refractivity contribution in [1.29, 1.82) is 0 Å². The molecule has 0 atom stereocenters. The summed E-state index contributed by atoms with van der Waals surface area (Å²) < 4.78 is 1.75. The zero-order valence-corrected chi connectivity index (χ0v) is 7.77. The summed E-state index contributed by atoms with van der Waals surface area (Å²) in [6, 6.07) is 2.11. The molecule has 13 heavy (non-hydrogen) atoms. The van der Waals surface area contributed by atoms with Crippen LogP contribution in [0.5, 0.6) is 0 Å². The highest BCUT2D eigenvalue weighted by Crippen LogP contribution is 2.33. The van der Waals surface area contributed by atoms with E-state index in [-0.39, 0.29) is 6.04 Å². The summed E-state index contributed by atoms with van der Waals surface area (Å²) in [5, 5.41) is 14.1. The molecule has 0 saturated heterocycles. The van der Waals surface area contributed by atoms with E-state index in [2.05, 4.69) is 5.10 Å². The third-order valence-electron chi connectivity index (χ3n) is 2.56. The maximum Gasteiger partial charge on any atom is 0.0733 e. The van der Waals surface area contributed by atoms with E-state index in [9.17, 15) is 5.11 Å². The van der Waals surface area contributed by atoms with E-state index in [1.165, 1.54) is 0 Å². The van der Waals surface area contributed by atoms with Gasteiger partial charge in [-0.15, -0.1) is 0 Å². The van der Waals surface area contributed by atoms with Crippen LogP contribution in [0.4, 0.5) is 0 Å². The number of rotatable bonds is 2. The van der Waals surface area contributed by atoms with Crippen LogP contribution in [0.15, 0.2) is 12.3 Å². The first-order valence-electron chi connectivity index (χ1n) is 4.54. The van der Waals surface area contributed by atoms with Crippen LogP contribution in [-0.2, 0) is 13.5 Å². The van der Waals surface area contributed by atoms with Crippen LogP contribution in [0, 0.1) is 0 Å². The Kier molecular flexibility index (Phi) is 1.89. The number of hydrogen-bond acceptors (Lipinski definition) is 3. The first-order chi connectivity index (χ1) is 6.07. The van der Waals surface area contributed by atoms with Crippen molar-refractivity contribution < 1.29 is 5.11 Å². The molecule has 1 aliphatic rings. The quantitative estimate of drug-likeness (QED) is 0.665. The molecule has 0 spiro atoms. The average molecular weight is 181 g/mol. The van der Waals surface area contributed by atoms with Gasteiger partial charge < -0.3 is 10.8 Å². The molecule has 3 N–H and O–H groups in total. The third-order valence-corrected chi connectivity index (χ3v) is 2.56. The number of aromatic nitrogens is 2. The zero-order chi connectivity index (χ0) is 9.47. The van der Waals surface area contributed by atoms with Crippen LogP contribution in [0.3, 0.4) is 0 Å². The van der Waals surface area contributed by atoms with Crippen LogP contribution in [0.1, 0.15) is 18.5 Å². The summed E-state index contributed by atoms with van der Waals surface area (Å²) >= 11 is 0. The van der Waals surface area contributed by atoms with Gasteiger partial charge in [0.25, 0.3) is 0 Å². The molecule has 1 aliphatic carbocycles. The first-order valence-corrected chi connectivity index (χ1v) is 4.54. The fourth-order valence-corrected chi connectivity index (χ4v) is 1.96. The van der Waals surface area contributed by atoms with Crippen molar-refractivity contribution in [2.24, 2.45) is 12.8 Å². The van der Waals surface area contributed by atoms with Gasteiger partial charge in [0.2, 0.25) is 0 Å². The molecular weight excluding hydrogens is 166 g/mol. The Balaban J connectivity index is 1.99. The molecule has 4 heteroatoms. The smallest absolute Gasteiger partial charge is 0.0733 e. The van der Waals surface area contributed by atoms with Crippen molar-refractivity contribution in [2.45, 2.75) is 30.9 Å². The molecule has 0 bridgehead atoms. The van der Waals surface area contributed by atoms with E-state index in [4.69, 9.17) is 5.73 Å². The van der Waals surface area contributed by atoms with Crippen molar-refractivity contribution >= 4 is 0 Å². The van der Waals surface area contributed by atoms with Crippen molar-refractivity contribution in [3.8, 4) is 0 Å². The molecule has 1 aromatic heterocycles. The molecule has 0 aromatic carbocycles. The molecule has 72 valence electrons. The van der Waals surface area contributed by atoms with Gasteiger partial charge in [-0.05, 0) is 18.9 Å². The molecule has 0 amide bonds. The lowest BCUT2D eigenvalue weighted by atomic mass is 9.73. The molecule has 1 aromatic rings. The highest BCUT2D eigenvalue weighted by molar-refractivity contribution is 5.08. The van der Waals surface area contributed by atoms with Crippen molar-refractivity contribution in [2.75, 3.05) is 0 Å². The van der Waals surface area contributed by atoms with Crippen LogP contribution in [0.25, 0.3) is 0 Å². The van der Waals surface area contributed by atoms with E-state index in [1.54, 1.807) is 4.68 Å². The van der Waals surface area contributed by atoms with Crippen LogP contribution in [-0.4, -0.2) is 26.5 Å². The minimum absolute atomic E-state index is 0.175. The first kappa shape index (κ1) is 8.72. The Morgan fingerprint density at radius 1 is 1.77 bits per heavy atom. The zero-order valence-electron chi connectivity index (χ0n) is 7.77. The van der Waals surface area contributed by atoms with Gasteiger partial charge in [0.05, 0.1) is 11.3 Å². The molecule has 0 radical (unpaired) electrons. The lowest BCUT2D eigenvalue weighted by Crippen LogP contribution is -2.52. The van der Waals surface area contributed by atoms with Gasteiger partial charge >= 0.3 is 0 Å². The normalized spacial score (nSPS) is 33.0. The molecule has 4 nitrogen and oxygen atoms in total. The Morgan fingerprint density at radius 3 is 2.92 bits per heavy atom. The van der Waals surface area contributed by atoms with Gasteiger partial charge in [0.1, 0.15) is 0 Å². The van der Waals surface area contributed by atoms with Crippen LogP contribution < -0.4 is 5.73 Å². The number of aryl methyl sites for hydroxylation is 1. The fourth-order valence-electron chi connectivity index (χ4n) is 1.96. The lowest BCUT2D eigenvalue weighted by molar-refractivity contribution is -0.0462. The van der Waals surface area contributed by atoms with E-state index in [0.29, 0.717) is 19.3 Å². The largest absolute Gasteiger partial charge is 0.389 e. The molecule has 0 aliphatic heterocycles. The maximum absolute atomic E-state index is 9.91. The maximum atomic E-state index is 9.91. The third kappa shape index (κ3) is 1.73. The molecule has 2 rings (SSSR count). The van der Waals surface area contributed by atoms with E-state index < -0.39 is 5.60 Å². The topological polar surface area (TPSA) is 64.1 Å². The van der Waals surface area contributed by atoms with Gasteiger partial charge in [-0.2, -0.15) is 5.10 Å². The average Bonchev–Trinajstić information content (AvgIpc) is 2.32. The summed E-state index contributed by atoms with van der Waals surface area (Å²) in [4.78, 5) is 0. The minimum Gasteiger partial charge on any atom is -0.389 e. The van der Waals surface area contributed by atoms with E-state index in [1.807, 2.05) is 19.3 Å². The number of hydrogen-bond donors (Lipinski definition) is 2. The summed E-state index contributed by atoms with van der Waals surface area (Å²) in [5.74, 6) is 0. The van der Waals surface area contributed by atoms with Crippen LogP contribution in [0.2, 0.25) is 0 Å². The number of aliphatic hydroxyl groups is 1. The fraction of sp³-hybridized carbons (Fsp3) is 0.667. The summed E-state index contributed by atoms with van der Waals surface area (Å²) in [6.07, 6.45) is 3.91. The monoisotopic (exact) mass is 181 g/mol. The second kappa shape index (κ2) is 2.82. The molecule has 1 saturated carbocycles. The number of nitrogens with two attached hydrogens (primary N) is 1. The summed E-state index contributed by atoms with van der Waals surface area (Å²) in [6.45, 7) is 0. The lowest BCUT2D eigenvalue weighted by Gasteiger charge is -2.41. The second-order valence-corrected chi connectivity index (χ2v) is 4.05. The Bertz CT molecular complexity index is 302. The highest BCUT2D eigenvalue weighted by atomic mass is 16.3. The molecule has 0 unspecified atom stereocenters. The Hall–Kier alpha value is -0.870. The van der Waals surface area contributed by atoms with Crippen LogP contribution >= 0.6 is 0 Å². The van der Waals surface area contributed by atoms with E-state index >= 15 is 0 Å².